The Morgan fingerprint density at radius 1 is 1.02 bits per heavy atom. The highest BCUT2D eigenvalue weighted by Gasteiger charge is 2.48. The van der Waals surface area contributed by atoms with E-state index in [1.165, 1.54) is 28.2 Å². The van der Waals surface area contributed by atoms with Crippen LogP contribution >= 0.6 is 0 Å². The Kier molecular flexibility index (Phi) is 6.18. The summed E-state index contributed by atoms with van der Waals surface area (Å²) in [6, 6.07) is 18.6. The molecule has 0 radical (unpaired) electrons. The molecule has 5 N–H and O–H groups in total. The molecule has 11 nitrogen and oxygen atoms in total. The van der Waals surface area contributed by atoms with Gasteiger partial charge in [0, 0.05) is 29.2 Å². The Labute approximate surface area is 229 Å². The number of carbonyl (C=O) groups excluding carboxylic acids is 1. The van der Waals surface area contributed by atoms with E-state index in [0.29, 0.717) is 23.5 Å². The molecule has 4 unspecified atom stereocenters. The Hall–Kier alpha value is -4.32. The topological polar surface area (TPSA) is 150 Å². The highest BCUT2D eigenvalue weighted by atomic mass is 16.6. The van der Waals surface area contributed by atoms with Crippen LogP contribution in [0.25, 0.3) is 33.3 Å². The second kappa shape index (κ2) is 10.0. The number of aliphatic hydroxyl groups is 2. The zero-order valence-electron chi connectivity index (χ0n) is 21.6. The Morgan fingerprint density at radius 2 is 1.82 bits per heavy atom. The van der Waals surface area contributed by atoms with Crippen molar-refractivity contribution < 1.29 is 19.7 Å². The summed E-state index contributed by atoms with van der Waals surface area (Å²) >= 11 is 0. The van der Waals surface area contributed by atoms with Crippen molar-refractivity contribution in [2.45, 2.75) is 49.8 Å². The first-order valence-corrected chi connectivity index (χ1v) is 13.5. The number of nitrogens with one attached hydrogen (secondary N) is 3. The van der Waals surface area contributed by atoms with Gasteiger partial charge in [-0.15, -0.1) is 0 Å². The molecule has 204 valence electrons. The van der Waals surface area contributed by atoms with E-state index in [1.807, 2.05) is 30.3 Å². The van der Waals surface area contributed by atoms with Crippen molar-refractivity contribution in [3.8, 4) is 11.3 Å². The number of fused-ring (bicyclic) bond motifs is 2. The van der Waals surface area contributed by atoms with Gasteiger partial charge in [-0.3, -0.25) is 9.36 Å². The lowest BCUT2D eigenvalue weighted by molar-refractivity contribution is -0.137. The maximum Gasteiger partial charge on any atom is 0.252 e. The fourth-order valence-corrected chi connectivity index (χ4v) is 5.40. The summed E-state index contributed by atoms with van der Waals surface area (Å²) in [6.45, 7) is 0.589. The molecule has 2 fully saturated rings. The first kappa shape index (κ1) is 24.7. The molecular weight excluding hydrogens is 510 g/mol. The minimum absolute atomic E-state index is 0.114. The van der Waals surface area contributed by atoms with Crippen LogP contribution in [0, 0.1) is 0 Å². The third kappa shape index (κ3) is 4.37. The van der Waals surface area contributed by atoms with Crippen LogP contribution in [0.3, 0.4) is 0 Å². The first-order chi connectivity index (χ1) is 19.6. The van der Waals surface area contributed by atoms with Gasteiger partial charge < -0.3 is 30.6 Å². The van der Waals surface area contributed by atoms with Gasteiger partial charge in [-0.2, -0.15) is 0 Å². The van der Waals surface area contributed by atoms with E-state index in [1.54, 1.807) is 0 Å². The number of imidazole rings is 1. The second-order valence-corrected chi connectivity index (χ2v) is 10.3. The standard InChI is InChI=1S/C29H29N7O4/c37-23-24(38)29(40-25(23)28(39)34-17-10-11-17)36-15-33-22-26(31-14-32-27(22)36)30-13-12-19-18-8-4-5-9-20(18)35-21(19)16-6-2-1-3-7-16/h1-9,14-15,17,23-25,29,35,37-38H,10-13H2,(H,34,39)(H,30,31,32). The van der Waals surface area contributed by atoms with E-state index in [2.05, 4.69) is 54.8 Å². The number of hydrogen-bond acceptors (Lipinski definition) is 8. The van der Waals surface area contributed by atoms with E-state index >= 15 is 0 Å². The normalized spacial score (nSPS) is 22.6. The number of carbonyl (C=O) groups is 1. The van der Waals surface area contributed by atoms with E-state index in [0.717, 1.165) is 36.0 Å². The summed E-state index contributed by atoms with van der Waals surface area (Å²) in [4.78, 5) is 29.3. The van der Waals surface area contributed by atoms with Crippen molar-refractivity contribution in [1.29, 1.82) is 0 Å². The molecule has 4 heterocycles. The number of aliphatic hydroxyl groups excluding tert-OH is 2. The number of H-pyrrole nitrogens is 1. The predicted molar refractivity (Wildman–Crippen MR) is 148 cm³/mol. The number of aromatic amines is 1. The van der Waals surface area contributed by atoms with Gasteiger partial charge in [0.1, 0.15) is 18.5 Å². The number of ether oxygens (including phenoxy) is 1. The van der Waals surface area contributed by atoms with Crippen LogP contribution in [0.2, 0.25) is 0 Å². The number of rotatable bonds is 8. The molecule has 1 aliphatic carbocycles. The van der Waals surface area contributed by atoms with E-state index < -0.39 is 30.4 Å². The lowest BCUT2D eigenvalue weighted by Gasteiger charge is -2.16. The minimum atomic E-state index is -1.37. The smallest absolute Gasteiger partial charge is 0.252 e. The summed E-state index contributed by atoms with van der Waals surface area (Å²) in [5.74, 6) is 0.117. The van der Waals surface area contributed by atoms with Crippen molar-refractivity contribution in [3.05, 3.63) is 72.8 Å². The monoisotopic (exact) mass is 539 g/mol. The molecule has 2 aromatic carbocycles. The molecular formula is C29H29N7O4. The second-order valence-electron chi connectivity index (χ2n) is 10.3. The molecule has 0 bridgehead atoms. The Balaban J connectivity index is 1.11. The van der Waals surface area contributed by atoms with Gasteiger partial charge in [0.15, 0.2) is 29.3 Å². The van der Waals surface area contributed by atoms with Gasteiger partial charge >= 0.3 is 0 Å². The fraction of sp³-hybridized carbons (Fsp3) is 0.310. The number of anilines is 1. The quantitative estimate of drug-likeness (QED) is 0.202. The van der Waals surface area contributed by atoms with E-state index in [9.17, 15) is 15.0 Å². The zero-order chi connectivity index (χ0) is 27.2. The van der Waals surface area contributed by atoms with Crippen LogP contribution in [0.1, 0.15) is 24.6 Å². The van der Waals surface area contributed by atoms with Crippen molar-refractivity contribution in [2.75, 3.05) is 11.9 Å². The molecule has 1 saturated carbocycles. The largest absolute Gasteiger partial charge is 0.387 e. The molecule has 7 rings (SSSR count). The zero-order valence-corrected chi connectivity index (χ0v) is 21.6. The van der Waals surface area contributed by atoms with Gasteiger partial charge in [-0.25, -0.2) is 15.0 Å². The van der Waals surface area contributed by atoms with E-state index in [-0.39, 0.29) is 6.04 Å². The molecule has 2 aliphatic rings. The summed E-state index contributed by atoms with van der Waals surface area (Å²) < 4.78 is 7.36. The fourth-order valence-electron chi connectivity index (χ4n) is 5.40. The average molecular weight is 540 g/mol. The summed E-state index contributed by atoms with van der Waals surface area (Å²) in [5, 5.41) is 28.6. The lowest BCUT2D eigenvalue weighted by atomic mass is 10.0. The van der Waals surface area contributed by atoms with Crippen molar-refractivity contribution in [2.24, 2.45) is 0 Å². The van der Waals surface area contributed by atoms with Crippen molar-refractivity contribution in [1.82, 2.24) is 29.8 Å². The van der Waals surface area contributed by atoms with Crippen LogP contribution in [0.5, 0.6) is 0 Å². The molecule has 1 saturated heterocycles. The van der Waals surface area contributed by atoms with E-state index in [4.69, 9.17) is 4.74 Å². The third-order valence-electron chi connectivity index (χ3n) is 7.60. The minimum Gasteiger partial charge on any atom is -0.387 e. The summed E-state index contributed by atoms with van der Waals surface area (Å²) in [7, 11) is 0. The number of para-hydroxylation sites is 1. The summed E-state index contributed by atoms with van der Waals surface area (Å²) in [6.07, 6.45) is 0.575. The molecule has 0 spiro atoms. The van der Waals surface area contributed by atoms with Crippen molar-refractivity contribution in [3.63, 3.8) is 0 Å². The molecule has 3 aromatic heterocycles. The van der Waals surface area contributed by atoms with Crippen LogP contribution in [0.4, 0.5) is 5.82 Å². The number of benzene rings is 2. The van der Waals surface area contributed by atoms with Gasteiger partial charge in [-0.1, -0.05) is 48.5 Å². The highest BCUT2D eigenvalue weighted by Crippen LogP contribution is 2.34. The van der Waals surface area contributed by atoms with Crippen LogP contribution in [0.15, 0.2) is 67.3 Å². The molecule has 40 heavy (non-hydrogen) atoms. The third-order valence-corrected chi connectivity index (χ3v) is 7.60. The summed E-state index contributed by atoms with van der Waals surface area (Å²) in [5.41, 5.74) is 5.43. The van der Waals surface area contributed by atoms with Crippen LogP contribution < -0.4 is 10.6 Å². The SMILES string of the molecule is O=C(NC1CC1)C1OC(n2cnc3c(NCCc4c(-c5ccccc5)[nH]c5ccccc45)ncnc32)C(O)C1O. The lowest BCUT2D eigenvalue weighted by Crippen LogP contribution is -2.43. The average Bonchev–Trinajstić information content (AvgIpc) is 3.44. The molecule has 1 amide bonds. The molecule has 5 aromatic rings. The maximum atomic E-state index is 12.5. The van der Waals surface area contributed by atoms with Gasteiger partial charge in [0.05, 0.1) is 6.33 Å². The van der Waals surface area contributed by atoms with Crippen molar-refractivity contribution >= 4 is 33.8 Å². The Morgan fingerprint density at radius 3 is 2.65 bits per heavy atom. The van der Waals surface area contributed by atoms with Gasteiger partial charge in [-0.05, 0) is 36.5 Å². The molecule has 11 heteroatoms. The molecule has 1 aliphatic heterocycles. The Bertz CT molecular complexity index is 1680. The predicted octanol–water partition coefficient (Wildman–Crippen LogP) is 2.53. The number of aromatic nitrogens is 5. The molecule has 4 atom stereocenters. The highest BCUT2D eigenvalue weighted by molar-refractivity contribution is 5.91. The number of nitrogens with zero attached hydrogens (tertiary/aromatic N) is 4. The van der Waals surface area contributed by atoms with Crippen LogP contribution in [-0.4, -0.2) is 71.5 Å². The first-order valence-electron chi connectivity index (χ1n) is 13.5. The van der Waals surface area contributed by atoms with Crippen LogP contribution in [-0.2, 0) is 16.0 Å². The van der Waals surface area contributed by atoms with Gasteiger partial charge in [0.25, 0.3) is 5.91 Å². The van der Waals surface area contributed by atoms with Gasteiger partial charge in [0.2, 0.25) is 0 Å². The number of hydrogen-bond donors (Lipinski definition) is 5. The maximum absolute atomic E-state index is 12.5. The number of amides is 1.